The van der Waals surface area contributed by atoms with E-state index in [-0.39, 0.29) is 5.91 Å². The predicted octanol–water partition coefficient (Wildman–Crippen LogP) is 1.01. The van der Waals surface area contributed by atoms with Crippen molar-refractivity contribution in [2.24, 2.45) is 0 Å². The average Bonchev–Trinajstić information content (AvgIpc) is 2.99. The van der Waals surface area contributed by atoms with Crippen LogP contribution in [0.2, 0.25) is 0 Å². The maximum atomic E-state index is 11.9. The first kappa shape index (κ1) is 10.5. The van der Waals surface area contributed by atoms with E-state index in [2.05, 4.69) is 25.7 Å². The second-order valence-corrected chi connectivity index (χ2v) is 3.82. The zero-order valence-electron chi connectivity index (χ0n) is 9.58. The molecule has 90 valence electrons. The highest BCUT2D eigenvalue weighted by atomic mass is 16.1. The maximum absolute atomic E-state index is 11.9. The number of hydrogen-bond donors (Lipinski definition) is 2. The maximum Gasteiger partial charge on any atom is 0.256 e. The van der Waals surface area contributed by atoms with Crippen LogP contribution in [-0.2, 0) is 0 Å². The van der Waals surface area contributed by atoms with Crippen molar-refractivity contribution in [3.05, 3.63) is 42.0 Å². The smallest absolute Gasteiger partial charge is 0.256 e. The van der Waals surface area contributed by atoms with Crippen LogP contribution in [-0.4, -0.2) is 30.7 Å². The molecule has 7 heteroatoms. The molecule has 0 fully saturated rings. The molecule has 0 radical (unpaired) electrons. The second kappa shape index (κ2) is 3.95. The van der Waals surface area contributed by atoms with Gasteiger partial charge in [-0.3, -0.25) is 14.3 Å². The van der Waals surface area contributed by atoms with Gasteiger partial charge >= 0.3 is 0 Å². The molecular formula is C11H10N6O. The van der Waals surface area contributed by atoms with E-state index in [1.54, 1.807) is 30.6 Å². The first-order valence-electron chi connectivity index (χ1n) is 5.36. The van der Waals surface area contributed by atoms with Crippen LogP contribution in [0, 0.1) is 6.92 Å². The minimum atomic E-state index is -0.220. The summed E-state index contributed by atoms with van der Waals surface area (Å²) >= 11 is 0. The van der Waals surface area contributed by atoms with Crippen molar-refractivity contribution in [3.8, 4) is 0 Å². The number of hydrogen-bond acceptors (Lipinski definition) is 4. The summed E-state index contributed by atoms with van der Waals surface area (Å²) < 4.78 is 1.81. The number of amides is 1. The Morgan fingerprint density at radius 3 is 3.06 bits per heavy atom. The molecule has 0 aromatic carbocycles. The topological polar surface area (TPSA) is 88.0 Å². The summed E-state index contributed by atoms with van der Waals surface area (Å²) in [6.07, 6.45) is 3.34. The van der Waals surface area contributed by atoms with Gasteiger partial charge in [-0.05, 0) is 19.1 Å². The summed E-state index contributed by atoms with van der Waals surface area (Å²) in [5.74, 6) is 1.12. The molecule has 0 spiro atoms. The standard InChI is InChI=1S/C11H10N6O/c1-7-14-16-10-6-8(3-5-17(7)10)11(18)13-9-2-4-12-15-9/h2-6H,1H3,(H2,12,13,15,18). The number of aromatic nitrogens is 5. The second-order valence-electron chi connectivity index (χ2n) is 3.82. The fourth-order valence-electron chi connectivity index (χ4n) is 1.67. The van der Waals surface area contributed by atoms with Crippen LogP contribution in [0.25, 0.3) is 5.65 Å². The highest BCUT2D eigenvalue weighted by Gasteiger charge is 2.09. The van der Waals surface area contributed by atoms with Crippen LogP contribution in [0.15, 0.2) is 30.6 Å². The number of rotatable bonds is 2. The van der Waals surface area contributed by atoms with Crippen LogP contribution in [0.4, 0.5) is 5.82 Å². The molecule has 1 amide bonds. The largest absolute Gasteiger partial charge is 0.307 e. The summed E-state index contributed by atoms with van der Waals surface area (Å²) in [6, 6.07) is 5.08. The number of carbonyl (C=O) groups is 1. The average molecular weight is 242 g/mol. The van der Waals surface area contributed by atoms with Gasteiger partial charge in [-0.1, -0.05) is 0 Å². The highest BCUT2D eigenvalue weighted by Crippen LogP contribution is 2.09. The molecule has 0 aliphatic heterocycles. The van der Waals surface area contributed by atoms with Crippen molar-refractivity contribution in [2.75, 3.05) is 5.32 Å². The molecular weight excluding hydrogens is 232 g/mol. The summed E-state index contributed by atoms with van der Waals surface area (Å²) in [6.45, 7) is 1.85. The molecule has 0 saturated carbocycles. The normalized spacial score (nSPS) is 10.7. The Kier molecular flexibility index (Phi) is 2.30. The van der Waals surface area contributed by atoms with Crippen LogP contribution in [0.3, 0.4) is 0 Å². The number of nitrogens with zero attached hydrogens (tertiary/aromatic N) is 4. The Bertz CT molecular complexity index is 699. The van der Waals surface area contributed by atoms with Crippen LogP contribution in [0.5, 0.6) is 0 Å². The van der Waals surface area contributed by atoms with Gasteiger partial charge in [0.15, 0.2) is 5.65 Å². The van der Waals surface area contributed by atoms with E-state index in [4.69, 9.17) is 0 Å². The van der Waals surface area contributed by atoms with E-state index < -0.39 is 0 Å². The Morgan fingerprint density at radius 1 is 1.39 bits per heavy atom. The molecule has 3 aromatic rings. The third kappa shape index (κ3) is 1.71. The molecule has 0 bridgehead atoms. The van der Waals surface area contributed by atoms with Crippen LogP contribution in [0.1, 0.15) is 16.2 Å². The van der Waals surface area contributed by atoms with E-state index in [1.807, 2.05) is 11.3 Å². The van der Waals surface area contributed by atoms with E-state index >= 15 is 0 Å². The van der Waals surface area contributed by atoms with E-state index in [0.717, 1.165) is 5.82 Å². The lowest BCUT2D eigenvalue weighted by atomic mass is 10.2. The Labute approximate surface area is 102 Å². The number of anilines is 1. The Hall–Kier alpha value is -2.70. The molecule has 0 unspecified atom stereocenters. The molecule has 2 N–H and O–H groups in total. The molecule has 3 rings (SSSR count). The quantitative estimate of drug-likeness (QED) is 0.702. The fraction of sp³-hybridized carbons (Fsp3) is 0.0909. The lowest BCUT2D eigenvalue weighted by molar-refractivity contribution is 0.102. The molecule has 7 nitrogen and oxygen atoms in total. The molecule has 0 aliphatic carbocycles. The number of pyridine rings is 1. The van der Waals surface area contributed by atoms with Gasteiger partial charge in [0, 0.05) is 17.8 Å². The number of fused-ring (bicyclic) bond motifs is 1. The Morgan fingerprint density at radius 2 is 2.28 bits per heavy atom. The molecule has 3 heterocycles. The van der Waals surface area contributed by atoms with E-state index in [0.29, 0.717) is 17.0 Å². The van der Waals surface area contributed by atoms with Gasteiger partial charge in [-0.15, -0.1) is 10.2 Å². The predicted molar refractivity (Wildman–Crippen MR) is 64.3 cm³/mol. The third-order valence-corrected chi connectivity index (χ3v) is 2.59. The lowest BCUT2D eigenvalue weighted by Crippen LogP contribution is -2.12. The van der Waals surface area contributed by atoms with Gasteiger partial charge in [0.05, 0.1) is 6.20 Å². The SMILES string of the molecule is Cc1nnc2cc(C(=O)Nc3ccn[nH]3)ccn12. The lowest BCUT2D eigenvalue weighted by Gasteiger charge is -2.02. The summed E-state index contributed by atoms with van der Waals surface area (Å²) in [5, 5.41) is 17.0. The monoisotopic (exact) mass is 242 g/mol. The van der Waals surface area contributed by atoms with Crippen LogP contribution < -0.4 is 5.32 Å². The minimum Gasteiger partial charge on any atom is -0.307 e. The number of nitrogens with one attached hydrogen (secondary N) is 2. The molecule has 18 heavy (non-hydrogen) atoms. The van der Waals surface area contributed by atoms with Crippen molar-refractivity contribution in [1.29, 1.82) is 0 Å². The molecule has 0 atom stereocenters. The van der Waals surface area contributed by atoms with Gasteiger partial charge in [-0.25, -0.2) is 0 Å². The van der Waals surface area contributed by atoms with Crippen molar-refractivity contribution in [2.45, 2.75) is 6.92 Å². The van der Waals surface area contributed by atoms with Gasteiger partial charge < -0.3 is 5.32 Å². The van der Waals surface area contributed by atoms with Crippen molar-refractivity contribution in [1.82, 2.24) is 24.8 Å². The third-order valence-electron chi connectivity index (χ3n) is 2.59. The summed E-state index contributed by atoms with van der Waals surface area (Å²) in [7, 11) is 0. The molecule has 0 aliphatic rings. The number of carbonyl (C=O) groups excluding carboxylic acids is 1. The number of aryl methyl sites for hydroxylation is 1. The van der Waals surface area contributed by atoms with Gasteiger partial charge in [-0.2, -0.15) is 5.10 Å². The first-order chi connectivity index (χ1) is 8.74. The van der Waals surface area contributed by atoms with Crippen molar-refractivity contribution >= 4 is 17.4 Å². The summed E-state index contributed by atoms with van der Waals surface area (Å²) in [4.78, 5) is 11.9. The van der Waals surface area contributed by atoms with Gasteiger partial charge in [0.25, 0.3) is 5.91 Å². The summed E-state index contributed by atoms with van der Waals surface area (Å²) in [5.41, 5.74) is 1.16. The zero-order chi connectivity index (χ0) is 12.5. The number of aromatic amines is 1. The Balaban J connectivity index is 1.92. The van der Waals surface area contributed by atoms with E-state index in [1.165, 1.54) is 0 Å². The van der Waals surface area contributed by atoms with Crippen LogP contribution >= 0.6 is 0 Å². The minimum absolute atomic E-state index is 0.220. The highest BCUT2D eigenvalue weighted by molar-refractivity contribution is 6.04. The molecule has 3 aromatic heterocycles. The van der Waals surface area contributed by atoms with Gasteiger partial charge in [0.2, 0.25) is 0 Å². The molecule has 0 saturated heterocycles. The van der Waals surface area contributed by atoms with Gasteiger partial charge in [0.1, 0.15) is 11.6 Å². The van der Waals surface area contributed by atoms with Crippen molar-refractivity contribution in [3.63, 3.8) is 0 Å². The first-order valence-corrected chi connectivity index (χ1v) is 5.36. The number of H-pyrrole nitrogens is 1. The fourth-order valence-corrected chi connectivity index (χ4v) is 1.67. The zero-order valence-corrected chi connectivity index (χ0v) is 9.58. The van der Waals surface area contributed by atoms with E-state index in [9.17, 15) is 4.79 Å². The van der Waals surface area contributed by atoms with Crippen molar-refractivity contribution < 1.29 is 4.79 Å².